The van der Waals surface area contributed by atoms with E-state index >= 15 is 0 Å². The van der Waals surface area contributed by atoms with Gasteiger partial charge in [-0.3, -0.25) is 0 Å². The van der Waals surface area contributed by atoms with Crippen LogP contribution in [0.5, 0.6) is 0 Å². The minimum absolute atomic E-state index is 0.252. The third kappa shape index (κ3) is 4.45. The summed E-state index contributed by atoms with van der Waals surface area (Å²) in [6.07, 6.45) is 1.96. The van der Waals surface area contributed by atoms with Gasteiger partial charge >= 0.3 is 0 Å². The SMILES string of the molecule is Cc1nc2ccccc2nc1CSCCCS(C)(=O)=O. The summed E-state index contributed by atoms with van der Waals surface area (Å²) in [5, 5.41) is 0. The van der Waals surface area contributed by atoms with Crippen molar-refractivity contribution in [1.29, 1.82) is 0 Å². The third-order valence-corrected chi connectivity index (χ3v) is 4.97. The molecule has 0 aliphatic heterocycles. The minimum atomic E-state index is -2.85. The van der Waals surface area contributed by atoms with Crippen LogP contribution in [0.2, 0.25) is 0 Å². The molecule has 0 aliphatic carbocycles. The largest absolute Gasteiger partial charge is 0.250 e. The number of rotatable bonds is 6. The third-order valence-electron chi connectivity index (χ3n) is 2.89. The second-order valence-corrected chi connectivity index (χ2v) is 8.15. The quantitative estimate of drug-likeness (QED) is 0.768. The first-order valence-corrected chi connectivity index (χ1v) is 9.65. The van der Waals surface area contributed by atoms with Gasteiger partial charge in [-0.05, 0) is 31.2 Å². The highest BCUT2D eigenvalue weighted by Gasteiger charge is 2.06. The van der Waals surface area contributed by atoms with Crippen LogP contribution in [0.4, 0.5) is 0 Å². The number of fused-ring (bicyclic) bond motifs is 1. The molecule has 1 aromatic heterocycles. The van der Waals surface area contributed by atoms with Crippen LogP contribution in [0.25, 0.3) is 11.0 Å². The fourth-order valence-electron chi connectivity index (χ4n) is 1.85. The van der Waals surface area contributed by atoms with Crippen LogP contribution in [0.15, 0.2) is 24.3 Å². The summed E-state index contributed by atoms with van der Waals surface area (Å²) < 4.78 is 22.1. The van der Waals surface area contributed by atoms with Crippen molar-refractivity contribution in [3.63, 3.8) is 0 Å². The Morgan fingerprint density at radius 2 is 1.80 bits per heavy atom. The van der Waals surface area contributed by atoms with Crippen molar-refractivity contribution in [3.05, 3.63) is 35.7 Å². The van der Waals surface area contributed by atoms with Crippen molar-refractivity contribution >= 4 is 32.6 Å². The van der Waals surface area contributed by atoms with Crippen LogP contribution in [0, 0.1) is 6.92 Å². The minimum Gasteiger partial charge on any atom is -0.250 e. The van der Waals surface area contributed by atoms with E-state index in [2.05, 4.69) is 9.97 Å². The summed E-state index contributed by atoms with van der Waals surface area (Å²) in [6.45, 7) is 1.96. The summed E-state index contributed by atoms with van der Waals surface area (Å²) in [6, 6.07) is 7.82. The van der Waals surface area contributed by atoms with E-state index in [1.165, 1.54) is 6.26 Å². The van der Waals surface area contributed by atoms with Crippen molar-refractivity contribution in [2.75, 3.05) is 17.8 Å². The molecule has 0 saturated heterocycles. The van der Waals surface area contributed by atoms with E-state index in [1.807, 2.05) is 31.2 Å². The van der Waals surface area contributed by atoms with Crippen molar-refractivity contribution in [1.82, 2.24) is 9.97 Å². The Labute approximate surface area is 123 Å². The second kappa shape index (κ2) is 6.54. The number of aryl methyl sites for hydroxylation is 1. The zero-order valence-corrected chi connectivity index (χ0v) is 13.3. The van der Waals surface area contributed by atoms with Gasteiger partial charge in [0.05, 0.1) is 28.2 Å². The maximum Gasteiger partial charge on any atom is 0.147 e. The Kier molecular flexibility index (Phi) is 4.99. The molecule has 0 bridgehead atoms. The van der Waals surface area contributed by atoms with E-state index in [0.717, 1.165) is 33.9 Å². The molecule has 2 rings (SSSR count). The highest BCUT2D eigenvalue weighted by atomic mass is 32.2. The molecule has 1 aromatic carbocycles. The molecule has 20 heavy (non-hydrogen) atoms. The van der Waals surface area contributed by atoms with Crippen LogP contribution >= 0.6 is 11.8 Å². The lowest BCUT2D eigenvalue weighted by Crippen LogP contribution is -2.04. The summed E-state index contributed by atoms with van der Waals surface area (Å²) in [4.78, 5) is 9.16. The van der Waals surface area contributed by atoms with Gasteiger partial charge in [0.25, 0.3) is 0 Å². The summed E-state index contributed by atoms with van der Waals surface area (Å²) in [5.74, 6) is 1.84. The highest BCUT2D eigenvalue weighted by molar-refractivity contribution is 7.98. The van der Waals surface area contributed by atoms with Gasteiger partial charge in [0.15, 0.2) is 0 Å². The van der Waals surface area contributed by atoms with Gasteiger partial charge in [-0.2, -0.15) is 11.8 Å². The number of benzene rings is 1. The van der Waals surface area contributed by atoms with Crippen LogP contribution in [-0.4, -0.2) is 36.1 Å². The van der Waals surface area contributed by atoms with Gasteiger partial charge < -0.3 is 0 Å². The van der Waals surface area contributed by atoms with Gasteiger partial charge in [-0.1, -0.05) is 12.1 Å². The maximum atomic E-state index is 11.0. The van der Waals surface area contributed by atoms with E-state index < -0.39 is 9.84 Å². The molecule has 0 fully saturated rings. The first kappa shape index (κ1) is 15.3. The molecule has 2 aromatic rings. The number of aromatic nitrogens is 2. The van der Waals surface area contributed by atoms with Gasteiger partial charge in [0, 0.05) is 12.0 Å². The van der Waals surface area contributed by atoms with Crippen LogP contribution in [0.3, 0.4) is 0 Å². The van der Waals surface area contributed by atoms with Gasteiger partial charge in [0.2, 0.25) is 0 Å². The normalized spacial score (nSPS) is 11.9. The maximum absolute atomic E-state index is 11.0. The smallest absolute Gasteiger partial charge is 0.147 e. The Bertz CT molecular complexity index is 699. The molecule has 0 saturated carbocycles. The van der Waals surface area contributed by atoms with Crippen molar-refractivity contribution in [3.8, 4) is 0 Å². The monoisotopic (exact) mass is 310 g/mol. The zero-order valence-electron chi connectivity index (χ0n) is 11.7. The molecule has 1 heterocycles. The Morgan fingerprint density at radius 1 is 1.15 bits per heavy atom. The molecule has 0 unspecified atom stereocenters. The molecule has 0 spiro atoms. The first-order chi connectivity index (χ1) is 9.46. The molecule has 0 amide bonds. The summed E-state index contributed by atoms with van der Waals surface area (Å²) >= 11 is 1.70. The fourth-order valence-corrected chi connectivity index (χ4v) is 3.66. The molecule has 0 atom stereocenters. The Balaban J connectivity index is 1.94. The number of hydrogen-bond acceptors (Lipinski definition) is 5. The molecule has 0 radical (unpaired) electrons. The average molecular weight is 310 g/mol. The Morgan fingerprint density at radius 3 is 2.45 bits per heavy atom. The molecule has 0 aliphatic rings. The van der Waals surface area contributed by atoms with Gasteiger partial charge in [-0.25, -0.2) is 18.4 Å². The lowest BCUT2D eigenvalue weighted by atomic mass is 10.2. The molecular formula is C14H18N2O2S2. The number of hydrogen-bond donors (Lipinski definition) is 0. The van der Waals surface area contributed by atoms with E-state index in [-0.39, 0.29) is 5.75 Å². The van der Waals surface area contributed by atoms with Crippen LogP contribution in [0.1, 0.15) is 17.8 Å². The molecule has 108 valence electrons. The van der Waals surface area contributed by atoms with E-state index in [0.29, 0.717) is 6.42 Å². The van der Waals surface area contributed by atoms with Crippen LogP contribution < -0.4 is 0 Å². The lowest BCUT2D eigenvalue weighted by molar-refractivity contribution is 0.600. The van der Waals surface area contributed by atoms with Crippen LogP contribution in [-0.2, 0) is 15.6 Å². The van der Waals surface area contributed by atoms with E-state index in [9.17, 15) is 8.42 Å². The topological polar surface area (TPSA) is 59.9 Å². The van der Waals surface area contributed by atoms with Crippen molar-refractivity contribution < 1.29 is 8.42 Å². The molecule has 4 nitrogen and oxygen atoms in total. The van der Waals surface area contributed by atoms with Gasteiger partial charge in [-0.15, -0.1) is 0 Å². The average Bonchev–Trinajstić information content (AvgIpc) is 2.37. The summed E-state index contributed by atoms with van der Waals surface area (Å²) in [5.41, 5.74) is 3.74. The Hall–Kier alpha value is -1.14. The summed E-state index contributed by atoms with van der Waals surface area (Å²) in [7, 11) is -2.85. The predicted octanol–water partition coefficient (Wildman–Crippen LogP) is 2.61. The predicted molar refractivity (Wildman–Crippen MR) is 84.8 cm³/mol. The highest BCUT2D eigenvalue weighted by Crippen LogP contribution is 2.17. The molecular weight excluding hydrogens is 292 g/mol. The number of nitrogens with zero attached hydrogens (tertiary/aromatic N) is 2. The standard InChI is InChI=1S/C14H18N2O2S2/c1-11-14(10-19-8-5-9-20(2,17)18)16-13-7-4-3-6-12(13)15-11/h3-4,6-7H,5,8-10H2,1-2H3. The zero-order chi connectivity index (χ0) is 14.6. The number of thioether (sulfide) groups is 1. The second-order valence-electron chi connectivity index (χ2n) is 4.78. The molecule has 0 N–H and O–H groups in total. The lowest BCUT2D eigenvalue weighted by Gasteiger charge is -2.06. The first-order valence-electron chi connectivity index (χ1n) is 6.43. The fraction of sp³-hybridized carbons (Fsp3) is 0.429. The van der Waals surface area contributed by atoms with Crippen molar-refractivity contribution in [2.45, 2.75) is 19.1 Å². The van der Waals surface area contributed by atoms with E-state index in [1.54, 1.807) is 11.8 Å². The van der Waals surface area contributed by atoms with Gasteiger partial charge in [0.1, 0.15) is 9.84 Å². The van der Waals surface area contributed by atoms with Crippen molar-refractivity contribution in [2.24, 2.45) is 0 Å². The number of sulfone groups is 1. The number of para-hydroxylation sites is 2. The molecule has 6 heteroatoms. The van der Waals surface area contributed by atoms with E-state index in [4.69, 9.17) is 0 Å².